The van der Waals surface area contributed by atoms with Gasteiger partial charge in [-0.25, -0.2) is 4.79 Å². The van der Waals surface area contributed by atoms with Crippen LogP contribution < -0.4 is 0 Å². The van der Waals surface area contributed by atoms with Gasteiger partial charge >= 0.3 is 5.97 Å². The minimum Gasteiger partial charge on any atom is -0.478 e. The van der Waals surface area contributed by atoms with Crippen LogP contribution in [0, 0.1) is 5.92 Å². The zero-order valence-electron chi connectivity index (χ0n) is 13.0. The minimum atomic E-state index is -0.916. The van der Waals surface area contributed by atoms with Crippen molar-refractivity contribution < 1.29 is 9.90 Å². The number of aromatic carboxylic acids is 1. The van der Waals surface area contributed by atoms with Gasteiger partial charge in [0.25, 0.3) is 0 Å². The second-order valence-corrected chi connectivity index (χ2v) is 5.46. The first-order valence-corrected chi connectivity index (χ1v) is 7.57. The van der Waals surface area contributed by atoms with Crippen molar-refractivity contribution in [2.24, 2.45) is 10.9 Å². The summed E-state index contributed by atoms with van der Waals surface area (Å²) >= 11 is 0. The lowest BCUT2D eigenvalue weighted by Gasteiger charge is -2.14. The van der Waals surface area contributed by atoms with Gasteiger partial charge in [-0.1, -0.05) is 56.7 Å². The smallest absolute Gasteiger partial charge is 0.336 e. The first-order chi connectivity index (χ1) is 10.6. The first-order valence-electron chi connectivity index (χ1n) is 7.57. The van der Waals surface area contributed by atoms with E-state index in [9.17, 15) is 9.90 Å². The summed E-state index contributed by atoms with van der Waals surface area (Å²) in [5, 5.41) is 9.42. The molecule has 3 nitrogen and oxygen atoms in total. The summed E-state index contributed by atoms with van der Waals surface area (Å²) < 4.78 is 0. The molecule has 0 spiro atoms. The second kappa shape index (κ2) is 7.55. The lowest BCUT2D eigenvalue weighted by atomic mass is 9.94. The highest BCUT2D eigenvalue weighted by molar-refractivity contribution is 6.09. The van der Waals surface area contributed by atoms with Gasteiger partial charge in [-0.2, -0.15) is 0 Å². The van der Waals surface area contributed by atoms with Gasteiger partial charge in [0.1, 0.15) is 0 Å². The first kappa shape index (κ1) is 16.0. The molecule has 0 aliphatic carbocycles. The maximum absolute atomic E-state index is 11.5. The molecule has 22 heavy (non-hydrogen) atoms. The van der Waals surface area contributed by atoms with E-state index in [0.29, 0.717) is 17.0 Å². The van der Waals surface area contributed by atoms with Gasteiger partial charge in [0.15, 0.2) is 0 Å². The number of carboxylic acid groups (broad SMARTS) is 1. The van der Waals surface area contributed by atoms with E-state index in [0.717, 1.165) is 24.2 Å². The Labute approximate surface area is 131 Å². The number of aliphatic imine (C=N–C) groups is 1. The minimum absolute atomic E-state index is 0.306. The molecule has 0 radical (unpaired) electrons. The second-order valence-electron chi connectivity index (χ2n) is 5.46. The van der Waals surface area contributed by atoms with E-state index in [1.807, 2.05) is 42.5 Å². The van der Waals surface area contributed by atoms with Crippen molar-refractivity contribution in [2.75, 3.05) is 0 Å². The monoisotopic (exact) mass is 295 g/mol. The molecular formula is C19H21NO2. The Balaban J connectivity index is 2.50. The SMILES string of the molecule is CCC(C)CC(=Nc1ccccc1)c1ccccc1C(=O)O. The average molecular weight is 295 g/mol. The number of para-hydroxylation sites is 1. The van der Waals surface area contributed by atoms with Crippen LogP contribution in [0.25, 0.3) is 0 Å². The molecule has 0 amide bonds. The third-order valence-corrected chi connectivity index (χ3v) is 3.73. The Kier molecular flexibility index (Phi) is 5.48. The summed E-state index contributed by atoms with van der Waals surface area (Å²) in [4.78, 5) is 16.2. The zero-order chi connectivity index (χ0) is 15.9. The molecule has 1 unspecified atom stereocenters. The van der Waals surface area contributed by atoms with Crippen LogP contribution in [-0.2, 0) is 0 Å². The van der Waals surface area contributed by atoms with E-state index in [1.54, 1.807) is 12.1 Å². The Bertz CT molecular complexity index is 662. The number of carbonyl (C=O) groups is 1. The van der Waals surface area contributed by atoms with Crippen molar-refractivity contribution in [2.45, 2.75) is 26.7 Å². The molecule has 0 saturated heterocycles. The summed E-state index contributed by atoms with van der Waals surface area (Å²) in [7, 11) is 0. The van der Waals surface area contributed by atoms with Gasteiger partial charge in [-0.15, -0.1) is 0 Å². The summed E-state index contributed by atoms with van der Waals surface area (Å²) in [6.45, 7) is 4.29. The highest BCUT2D eigenvalue weighted by atomic mass is 16.4. The average Bonchev–Trinajstić information content (AvgIpc) is 2.55. The summed E-state index contributed by atoms with van der Waals surface area (Å²) in [6.07, 6.45) is 1.79. The molecule has 1 atom stereocenters. The van der Waals surface area contributed by atoms with Crippen LogP contribution in [0.15, 0.2) is 59.6 Å². The van der Waals surface area contributed by atoms with Crippen LogP contribution >= 0.6 is 0 Å². The summed E-state index contributed by atoms with van der Waals surface area (Å²) in [6, 6.07) is 16.8. The van der Waals surface area contributed by atoms with Crippen molar-refractivity contribution in [3.8, 4) is 0 Å². The maximum atomic E-state index is 11.5. The molecule has 3 heteroatoms. The molecule has 114 valence electrons. The fraction of sp³-hybridized carbons (Fsp3) is 0.263. The quantitative estimate of drug-likeness (QED) is 0.767. The van der Waals surface area contributed by atoms with Gasteiger partial charge in [-0.3, -0.25) is 4.99 Å². The van der Waals surface area contributed by atoms with E-state index < -0.39 is 5.97 Å². The van der Waals surface area contributed by atoms with Gasteiger partial charge in [0.05, 0.1) is 11.3 Å². The predicted molar refractivity (Wildman–Crippen MR) is 90.1 cm³/mol. The van der Waals surface area contributed by atoms with E-state index in [-0.39, 0.29) is 0 Å². The standard InChI is InChI=1S/C19H21NO2/c1-3-14(2)13-18(20-15-9-5-4-6-10-15)16-11-7-8-12-17(16)19(21)22/h4-12,14H,3,13H2,1-2H3,(H,21,22). The van der Waals surface area contributed by atoms with Gasteiger partial charge in [-0.05, 0) is 30.5 Å². The van der Waals surface area contributed by atoms with Crippen molar-refractivity contribution in [3.63, 3.8) is 0 Å². The van der Waals surface area contributed by atoms with Crippen molar-refractivity contribution in [1.29, 1.82) is 0 Å². The molecule has 2 aromatic carbocycles. The van der Waals surface area contributed by atoms with Crippen LogP contribution in [-0.4, -0.2) is 16.8 Å². The Morgan fingerprint density at radius 2 is 1.64 bits per heavy atom. The normalized spacial score (nSPS) is 12.9. The molecule has 0 aromatic heterocycles. The lowest BCUT2D eigenvalue weighted by Crippen LogP contribution is -2.12. The molecule has 2 aromatic rings. The predicted octanol–water partition coefficient (Wildman–Crippen LogP) is 4.94. The number of hydrogen-bond donors (Lipinski definition) is 1. The number of rotatable bonds is 6. The molecule has 0 aliphatic rings. The van der Waals surface area contributed by atoms with E-state index >= 15 is 0 Å². The number of carboxylic acids is 1. The van der Waals surface area contributed by atoms with E-state index in [4.69, 9.17) is 4.99 Å². The van der Waals surface area contributed by atoms with Gasteiger partial charge in [0, 0.05) is 11.3 Å². The highest BCUT2D eigenvalue weighted by Gasteiger charge is 2.16. The third kappa shape index (κ3) is 4.04. The Morgan fingerprint density at radius 1 is 1.05 bits per heavy atom. The molecule has 0 bridgehead atoms. The van der Waals surface area contributed by atoms with Gasteiger partial charge < -0.3 is 5.11 Å². The largest absolute Gasteiger partial charge is 0.478 e. The highest BCUT2D eigenvalue weighted by Crippen LogP contribution is 2.21. The van der Waals surface area contributed by atoms with Gasteiger partial charge in [0.2, 0.25) is 0 Å². The van der Waals surface area contributed by atoms with Crippen LogP contribution in [0.1, 0.15) is 42.6 Å². The maximum Gasteiger partial charge on any atom is 0.336 e. The summed E-state index contributed by atoms with van der Waals surface area (Å²) in [5.41, 5.74) is 2.69. The van der Waals surface area contributed by atoms with Crippen LogP contribution in [0.3, 0.4) is 0 Å². The fourth-order valence-corrected chi connectivity index (χ4v) is 2.27. The van der Waals surface area contributed by atoms with E-state index in [2.05, 4.69) is 13.8 Å². The molecule has 1 N–H and O–H groups in total. The Hall–Kier alpha value is -2.42. The van der Waals surface area contributed by atoms with Crippen molar-refractivity contribution in [3.05, 3.63) is 65.7 Å². The van der Waals surface area contributed by atoms with Crippen molar-refractivity contribution in [1.82, 2.24) is 0 Å². The molecule has 0 fully saturated rings. The fourth-order valence-electron chi connectivity index (χ4n) is 2.27. The lowest BCUT2D eigenvalue weighted by molar-refractivity contribution is 0.0696. The Morgan fingerprint density at radius 3 is 2.23 bits per heavy atom. The summed E-state index contributed by atoms with van der Waals surface area (Å²) in [5.74, 6) is -0.468. The molecule has 0 aliphatic heterocycles. The van der Waals surface area contributed by atoms with Crippen LogP contribution in [0.5, 0.6) is 0 Å². The molecule has 2 rings (SSSR count). The molecule has 0 heterocycles. The number of hydrogen-bond acceptors (Lipinski definition) is 2. The van der Waals surface area contributed by atoms with Crippen LogP contribution in [0.4, 0.5) is 5.69 Å². The number of benzene rings is 2. The zero-order valence-corrected chi connectivity index (χ0v) is 13.0. The number of nitrogens with zero attached hydrogens (tertiary/aromatic N) is 1. The molecule has 0 saturated carbocycles. The molecular weight excluding hydrogens is 274 g/mol. The third-order valence-electron chi connectivity index (χ3n) is 3.73. The topological polar surface area (TPSA) is 49.7 Å². The van der Waals surface area contributed by atoms with Crippen LogP contribution in [0.2, 0.25) is 0 Å². The van der Waals surface area contributed by atoms with E-state index in [1.165, 1.54) is 0 Å². The van der Waals surface area contributed by atoms with Crippen molar-refractivity contribution >= 4 is 17.4 Å².